The zero-order valence-corrected chi connectivity index (χ0v) is 17.7. The molecule has 3 aromatic rings. The Balaban J connectivity index is 1.65. The molecule has 0 aromatic carbocycles. The van der Waals surface area contributed by atoms with Gasteiger partial charge in [0, 0.05) is 12.7 Å². The lowest BCUT2D eigenvalue weighted by atomic mass is 9.79. The van der Waals surface area contributed by atoms with E-state index >= 15 is 0 Å². The maximum Gasteiger partial charge on any atom is 0.270 e. The highest BCUT2D eigenvalue weighted by atomic mass is 79.9. The van der Waals surface area contributed by atoms with Crippen molar-refractivity contribution in [1.82, 2.24) is 30.0 Å². The molecule has 28 heavy (non-hydrogen) atoms. The summed E-state index contributed by atoms with van der Waals surface area (Å²) in [6, 6.07) is 5.43. The minimum atomic E-state index is -0.173. The van der Waals surface area contributed by atoms with Crippen LogP contribution in [0.4, 0.5) is 0 Å². The van der Waals surface area contributed by atoms with Crippen LogP contribution in [0.5, 0.6) is 0 Å². The molecule has 3 aromatic heterocycles. The van der Waals surface area contributed by atoms with E-state index in [0.717, 1.165) is 34.7 Å². The van der Waals surface area contributed by atoms with Crippen LogP contribution in [0.25, 0.3) is 11.2 Å². The summed E-state index contributed by atoms with van der Waals surface area (Å²) < 4.78 is 2.46. The van der Waals surface area contributed by atoms with Crippen LogP contribution in [0.2, 0.25) is 0 Å². The molecular formula is C20H25BrN6O. The van der Waals surface area contributed by atoms with Crippen molar-refractivity contribution >= 4 is 33.0 Å². The largest absolute Gasteiger partial charge is 0.340 e. The van der Waals surface area contributed by atoms with Crippen molar-refractivity contribution in [3.8, 4) is 0 Å². The first-order chi connectivity index (χ1) is 13.5. The Labute approximate surface area is 172 Å². The van der Waals surface area contributed by atoms with Gasteiger partial charge in [0.25, 0.3) is 5.91 Å². The summed E-state index contributed by atoms with van der Waals surface area (Å²) in [6.07, 6.45) is 6.17. The Morgan fingerprint density at radius 3 is 2.82 bits per heavy atom. The number of amides is 1. The van der Waals surface area contributed by atoms with Gasteiger partial charge in [-0.3, -0.25) is 9.48 Å². The van der Waals surface area contributed by atoms with Gasteiger partial charge in [-0.2, -0.15) is 5.10 Å². The molecule has 0 aliphatic heterocycles. The first-order valence-corrected chi connectivity index (χ1v) is 10.7. The Morgan fingerprint density at radius 2 is 2.07 bits per heavy atom. The van der Waals surface area contributed by atoms with Crippen LogP contribution in [0.1, 0.15) is 61.9 Å². The average molecular weight is 445 g/mol. The molecule has 4 rings (SSSR count). The van der Waals surface area contributed by atoms with Crippen LogP contribution in [0.15, 0.2) is 29.0 Å². The maximum atomic E-state index is 13.0. The number of hydrogen-bond acceptors (Lipinski definition) is 4. The molecule has 2 N–H and O–H groups in total. The van der Waals surface area contributed by atoms with Gasteiger partial charge in [-0.15, -0.1) is 0 Å². The molecule has 8 heteroatoms. The van der Waals surface area contributed by atoms with Gasteiger partial charge in [0.15, 0.2) is 5.65 Å². The van der Waals surface area contributed by atoms with Crippen LogP contribution in [0.3, 0.4) is 0 Å². The first-order valence-electron chi connectivity index (χ1n) is 9.90. The molecule has 3 heterocycles. The standard InChI is InChI=1S/C20H25BrN6O/c1-3-27-15(10-11-22-27)20(28)25-17(13-6-4-12(2)5-7-13)19-23-14-8-9-16(21)24-18(14)26-19/h8-13,17H,3-7H2,1-2H3,(H,25,28)(H,23,24,26). The van der Waals surface area contributed by atoms with Gasteiger partial charge in [-0.05, 0) is 65.7 Å². The predicted molar refractivity (Wildman–Crippen MR) is 111 cm³/mol. The van der Waals surface area contributed by atoms with Crippen molar-refractivity contribution < 1.29 is 4.79 Å². The number of nitrogens with zero attached hydrogens (tertiary/aromatic N) is 4. The van der Waals surface area contributed by atoms with Crippen LogP contribution < -0.4 is 5.32 Å². The monoisotopic (exact) mass is 444 g/mol. The summed E-state index contributed by atoms with van der Waals surface area (Å²) in [5.74, 6) is 1.75. The van der Waals surface area contributed by atoms with Crippen LogP contribution >= 0.6 is 15.9 Å². The quantitative estimate of drug-likeness (QED) is 0.576. The Hall–Kier alpha value is -2.22. The van der Waals surface area contributed by atoms with E-state index in [-0.39, 0.29) is 11.9 Å². The van der Waals surface area contributed by atoms with Gasteiger partial charge in [0.05, 0.1) is 11.6 Å². The Morgan fingerprint density at radius 1 is 1.29 bits per heavy atom. The second-order valence-corrected chi connectivity index (χ2v) is 8.44. The molecule has 1 fully saturated rings. The minimum Gasteiger partial charge on any atom is -0.340 e. The number of halogens is 1. The van der Waals surface area contributed by atoms with Crippen molar-refractivity contribution in [2.24, 2.45) is 11.8 Å². The van der Waals surface area contributed by atoms with Crippen molar-refractivity contribution in [3.63, 3.8) is 0 Å². The SMILES string of the molecule is CCn1nccc1C(=O)NC(c1nc2nc(Br)ccc2[nH]1)C1CCC(C)CC1. The third-order valence-electron chi connectivity index (χ3n) is 5.69. The molecule has 7 nitrogen and oxygen atoms in total. The van der Waals surface area contributed by atoms with Crippen LogP contribution in [-0.4, -0.2) is 30.6 Å². The normalized spacial score (nSPS) is 21.0. The number of aromatic nitrogens is 5. The summed E-state index contributed by atoms with van der Waals surface area (Å²) in [5.41, 5.74) is 2.11. The lowest BCUT2D eigenvalue weighted by molar-refractivity contribution is 0.0894. The van der Waals surface area contributed by atoms with Crippen LogP contribution in [0, 0.1) is 11.8 Å². The van der Waals surface area contributed by atoms with Gasteiger partial charge in [0.1, 0.15) is 16.1 Å². The molecular weight excluding hydrogens is 420 g/mol. The van der Waals surface area contributed by atoms with E-state index in [9.17, 15) is 4.79 Å². The molecule has 1 atom stereocenters. The number of H-pyrrole nitrogens is 1. The summed E-state index contributed by atoms with van der Waals surface area (Å²) in [5, 5.41) is 7.46. The fourth-order valence-corrected chi connectivity index (χ4v) is 4.36. The van der Waals surface area contributed by atoms with Gasteiger partial charge >= 0.3 is 0 Å². The highest BCUT2D eigenvalue weighted by molar-refractivity contribution is 9.10. The van der Waals surface area contributed by atoms with Crippen molar-refractivity contribution in [3.05, 3.63) is 40.5 Å². The topological polar surface area (TPSA) is 88.5 Å². The van der Waals surface area contributed by atoms with Gasteiger partial charge in [-0.25, -0.2) is 9.97 Å². The van der Waals surface area contributed by atoms with E-state index < -0.39 is 0 Å². The number of nitrogens with one attached hydrogen (secondary N) is 2. The highest BCUT2D eigenvalue weighted by Gasteiger charge is 2.31. The Kier molecular flexibility index (Phi) is 5.48. The predicted octanol–water partition coefficient (Wildman–Crippen LogP) is 4.23. The van der Waals surface area contributed by atoms with E-state index in [1.807, 2.05) is 19.1 Å². The molecule has 0 spiro atoms. The maximum absolute atomic E-state index is 13.0. The van der Waals surface area contributed by atoms with Crippen LogP contribution in [-0.2, 0) is 6.54 Å². The number of carbonyl (C=O) groups is 1. The third kappa shape index (κ3) is 3.83. The fourth-order valence-electron chi connectivity index (χ4n) is 4.06. The Bertz CT molecular complexity index is 972. The molecule has 0 bridgehead atoms. The molecule has 1 aliphatic rings. The summed E-state index contributed by atoms with van der Waals surface area (Å²) in [6.45, 7) is 4.93. The molecule has 1 aliphatic carbocycles. The highest BCUT2D eigenvalue weighted by Crippen LogP contribution is 2.36. The molecule has 1 saturated carbocycles. The summed E-state index contributed by atoms with van der Waals surface area (Å²) in [4.78, 5) is 25.5. The van der Waals surface area contributed by atoms with Gasteiger partial charge < -0.3 is 10.3 Å². The summed E-state index contributed by atoms with van der Waals surface area (Å²) in [7, 11) is 0. The molecule has 1 amide bonds. The average Bonchev–Trinajstić information content (AvgIpc) is 3.33. The molecule has 0 radical (unpaired) electrons. The smallest absolute Gasteiger partial charge is 0.270 e. The lowest BCUT2D eigenvalue weighted by Gasteiger charge is -2.32. The van der Waals surface area contributed by atoms with Gasteiger partial charge in [0.2, 0.25) is 0 Å². The fraction of sp³-hybridized carbons (Fsp3) is 0.500. The molecule has 0 saturated heterocycles. The number of hydrogen-bond donors (Lipinski definition) is 2. The van der Waals surface area contributed by atoms with E-state index in [1.54, 1.807) is 16.9 Å². The van der Waals surface area contributed by atoms with Crippen molar-refractivity contribution in [2.45, 2.75) is 52.1 Å². The van der Waals surface area contributed by atoms with E-state index in [0.29, 0.717) is 23.8 Å². The van der Waals surface area contributed by atoms with Crippen molar-refractivity contribution in [1.29, 1.82) is 0 Å². The van der Waals surface area contributed by atoms with Crippen molar-refractivity contribution in [2.75, 3.05) is 0 Å². The number of imidazole rings is 1. The zero-order chi connectivity index (χ0) is 19.7. The number of aryl methyl sites for hydroxylation is 1. The molecule has 1 unspecified atom stereocenters. The first kappa shape index (κ1) is 19.1. The second-order valence-electron chi connectivity index (χ2n) is 7.63. The van der Waals surface area contributed by atoms with E-state index in [1.165, 1.54) is 12.8 Å². The number of fused-ring (bicyclic) bond motifs is 1. The van der Waals surface area contributed by atoms with E-state index in [2.05, 4.69) is 43.2 Å². The van der Waals surface area contributed by atoms with Gasteiger partial charge in [-0.1, -0.05) is 19.8 Å². The molecule has 148 valence electrons. The lowest BCUT2D eigenvalue weighted by Crippen LogP contribution is -2.36. The van der Waals surface area contributed by atoms with E-state index in [4.69, 9.17) is 4.98 Å². The number of aromatic amines is 1. The number of rotatable bonds is 5. The summed E-state index contributed by atoms with van der Waals surface area (Å²) >= 11 is 3.40. The number of carbonyl (C=O) groups excluding carboxylic acids is 1. The third-order valence-corrected chi connectivity index (χ3v) is 6.13. The zero-order valence-electron chi connectivity index (χ0n) is 16.2. The minimum absolute atomic E-state index is 0.113. The second kappa shape index (κ2) is 8.03. The number of pyridine rings is 1.